The average molecular weight is 328 g/mol. The summed E-state index contributed by atoms with van der Waals surface area (Å²) in [6.07, 6.45) is 1.99. The molecule has 0 bridgehead atoms. The number of nitrogens with one attached hydrogen (secondary N) is 1. The third kappa shape index (κ3) is 3.56. The van der Waals surface area contributed by atoms with Crippen molar-refractivity contribution in [2.24, 2.45) is 13.0 Å². The predicted octanol–water partition coefficient (Wildman–Crippen LogP) is 1.42. The first-order valence-electron chi connectivity index (χ1n) is 7.76. The molecule has 1 aliphatic rings. The Balaban J connectivity index is 1.59. The average Bonchev–Trinajstić information content (AvgIpc) is 3.14. The number of carbonyl (C=O) groups excluding carboxylic acids is 2. The summed E-state index contributed by atoms with van der Waals surface area (Å²) in [6, 6.07) is 9.30. The SMILES string of the molecule is COc1ccc(CN2C[C@H](C(=O)Nc3ccn(C)n3)CC2=O)cc1. The molecule has 1 aromatic heterocycles. The highest BCUT2D eigenvalue weighted by molar-refractivity contribution is 5.96. The van der Waals surface area contributed by atoms with Crippen LogP contribution in [-0.4, -0.2) is 40.1 Å². The molecule has 0 radical (unpaired) electrons. The van der Waals surface area contributed by atoms with Gasteiger partial charge in [-0.1, -0.05) is 12.1 Å². The minimum atomic E-state index is -0.349. The van der Waals surface area contributed by atoms with Crippen molar-refractivity contribution >= 4 is 17.6 Å². The monoisotopic (exact) mass is 328 g/mol. The maximum Gasteiger partial charge on any atom is 0.230 e. The highest BCUT2D eigenvalue weighted by Crippen LogP contribution is 2.22. The van der Waals surface area contributed by atoms with Gasteiger partial charge in [-0.15, -0.1) is 0 Å². The lowest BCUT2D eigenvalue weighted by Crippen LogP contribution is -2.28. The third-order valence-electron chi connectivity index (χ3n) is 4.08. The van der Waals surface area contributed by atoms with Gasteiger partial charge in [-0.2, -0.15) is 5.10 Å². The van der Waals surface area contributed by atoms with E-state index >= 15 is 0 Å². The van der Waals surface area contributed by atoms with Crippen LogP contribution >= 0.6 is 0 Å². The van der Waals surface area contributed by atoms with Crippen LogP contribution in [0.4, 0.5) is 5.82 Å². The smallest absolute Gasteiger partial charge is 0.230 e. The van der Waals surface area contributed by atoms with Crippen LogP contribution in [0.1, 0.15) is 12.0 Å². The summed E-state index contributed by atoms with van der Waals surface area (Å²) in [5.74, 6) is 0.756. The lowest BCUT2D eigenvalue weighted by molar-refractivity contribution is -0.128. The number of anilines is 1. The van der Waals surface area contributed by atoms with E-state index in [1.54, 1.807) is 36.0 Å². The summed E-state index contributed by atoms with van der Waals surface area (Å²) in [6.45, 7) is 0.916. The maximum atomic E-state index is 12.3. The molecule has 0 saturated carbocycles. The minimum Gasteiger partial charge on any atom is -0.497 e. The fourth-order valence-electron chi connectivity index (χ4n) is 2.76. The second-order valence-corrected chi connectivity index (χ2v) is 5.89. The number of hydrogen-bond acceptors (Lipinski definition) is 4. The number of hydrogen-bond donors (Lipinski definition) is 1. The third-order valence-corrected chi connectivity index (χ3v) is 4.08. The summed E-state index contributed by atoms with van der Waals surface area (Å²) in [5, 5.41) is 6.88. The molecule has 2 aromatic rings. The Kier molecular flexibility index (Phi) is 4.50. The van der Waals surface area contributed by atoms with Crippen LogP contribution in [0, 0.1) is 5.92 Å². The van der Waals surface area contributed by atoms with E-state index in [0.717, 1.165) is 11.3 Å². The van der Waals surface area contributed by atoms with E-state index in [4.69, 9.17) is 4.74 Å². The van der Waals surface area contributed by atoms with Crippen molar-refractivity contribution < 1.29 is 14.3 Å². The van der Waals surface area contributed by atoms with E-state index in [0.29, 0.717) is 18.9 Å². The molecule has 1 aliphatic heterocycles. The van der Waals surface area contributed by atoms with E-state index in [1.807, 2.05) is 24.3 Å². The van der Waals surface area contributed by atoms with Crippen molar-refractivity contribution in [2.45, 2.75) is 13.0 Å². The zero-order valence-electron chi connectivity index (χ0n) is 13.7. The van der Waals surface area contributed by atoms with Crippen LogP contribution < -0.4 is 10.1 Å². The maximum absolute atomic E-state index is 12.3. The summed E-state index contributed by atoms with van der Waals surface area (Å²) in [4.78, 5) is 26.2. The molecule has 126 valence electrons. The number of rotatable bonds is 5. The van der Waals surface area contributed by atoms with E-state index in [9.17, 15) is 9.59 Å². The summed E-state index contributed by atoms with van der Waals surface area (Å²) in [5.41, 5.74) is 1.01. The van der Waals surface area contributed by atoms with Crippen molar-refractivity contribution in [3.05, 3.63) is 42.1 Å². The largest absolute Gasteiger partial charge is 0.497 e. The Morgan fingerprint density at radius 3 is 2.71 bits per heavy atom. The number of ether oxygens (including phenoxy) is 1. The van der Waals surface area contributed by atoms with Crippen molar-refractivity contribution in [1.29, 1.82) is 0 Å². The normalized spacial score (nSPS) is 17.2. The Labute approximate surface area is 140 Å². The van der Waals surface area contributed by atoms with Crippen LogP contribution in [0.15, 0.2) is 36.5 Å². The Bertz CT molecular complexity index is 739. The lowest BCUT2D eigenvalue weighted by atomic mass is 10.1. The lowest BCUT2D eigenvalue weighted by Gasteiger charge is -2.16. The first kappa shape index (κ1) is 16.0. The summed E-state index contributed by atoms with van der Waals surface area (Å²) >= 11 is 0. The van der Waals surface area contributed by atoms with E-state index in [-0.39, 0.29) is 24.2 Å². The van der Waals surface area contributed by atoms with Gasteiger partial charge in [0, 0.05) is 38.8 Å². The van der Waals surface area contributed by atoms with Gasteiger partial charge in [0.05, 0.1) is 13.0 Å². The van der Waals surface area contributed by atoms with Gasteiger partial charge in [0.1, 0.15) is 5.75 Å². The molecule has 2 amide bonds. The van der Waals surface area contributed by atoms with Gasteiger partial charge < -0.3 is 15.0 Å². The molecule has 1 aromatic carbocycles. The number of likely N-dealkylation sites (tertiary alicyclic amines) is 1. The molecule has 1 fully saturated rings. The topological polar surface area (TPSA) is 76.5 Å². The summed E-state index contributed by atoms with van der Waals surface area (Å²) in [7, 11) is 3.40. The number of amides is 2. The molecule has 3 rings (SSSR count). The summed E-state index contributed by atoms with van der Waals surface area (Å²) < 4.78 is 6.74. The fraction of sp³-hybridized carbons (Fsp3) is 0.353. The molecule has 0 aliphatic carbocycles. The van der Waals surface area contributed by atoms with Crippen LogP contribution in [0.3, 0.4) is 0 Å². The number of aryl methyl sites for hydroxylation is 1. The molecule has 1 atom stereocenters. The highest BCUT2D eigenvalue weighted by atomic mass is 16.5. The molecule has 0 spiro atoms. The Morgan fingerprint density at radius 1 is 1.33 bits per heavy atom. The number of aromatic nitrogens is 2. The van der Waals surface area contributed by atoms with E-state index in [1.165, 1.54) is 0 Å². The highest BCUT2D eigenvalue weighted by Gasteiger charge is 2.34. The molecular formula is C17H20N4O3. The van der Waals surface area contributed by atoms with Crippen LogP contribution in [0.2, 0.25) is 0 Å². The quantitative estimate of drug-likeness (QED) is 0.900. The number of carbonyl (C=O) groups is 2. The second kappa shape index (κ2) is 6.74. The molecule has 1 saturated heterocycles. The van der Waals surface area contributed by atoms with E-state index in [2.05, 4.69) is 10.4 Å². The number of nitrogens with zero attached hydrogens (tertiary/aromatic N) is 3. The van der Waals surface area contributed by atoms with Crippen LogP contribution in [-0.2, 0) is 23.2 Å². The second-order valence-electron chi connectivity index (χ2n) is 5.89. The molecule has 0 unspecified atom stereocenters. The van der Waals surface area contributed by atoms with Crippen molar-refractivity contribution in [3.8, 4) is 5.75 Å². The predicted molar refractivity (Wildman–Crippen MR) is 88.4 cm³/mol. The first-order chi connectivity index (χ1) is 11.5. The molecule has 1 N–H and O–H groups in total. The number of methoxy groups -OCH3 is 1. The zero-order chi connectivity index (χ0) is 17.1. The van der Waals surface area contributed by atoms with E-state index < -0.39 is 0 Å². The van der Waals surface area contributed by atoms with Gasteiger partial charge in [0.2, 0.25) is 11.8 Å². The first-order valence-corrected chi connectivity index (χ1v) is 7.76. The van der Waals surface area contributed by atoms with Gasteiger partial charge in [-0.25, -0.2) is 0 Å². The molecule has 7 heteroatoms. The fourth-order valence-corrected chi connectivity index (χ4v) is 2.76. The van der Waals surface area contributed by atoms with Crippen LogP contribution in [0.25, 0.3) is 0 Å². The standard InChI is InChI=1S/C17H20N4O3/c1-20-8-7-15(19-20)18-17(23)13-9-16(22)21(11-13)10-12-3-5-14(24-2)6-4-12/h3-8,13H,9-11H2,1-2H3,(H,18,19,23)/t13-/m1/s1. The Morgan fingerprint density at radius 2 is 2.08 bits per heavy atom. The van der Waals surface area contributed by atoms with Gasteiger partial charge >= 0.3 is 0 Å². The van der Waals surface area contributed by atoms with Crippen LogP contribution in [0.5, 0.6) is 5.75 Å². The van der Waals surface area contributed by atoms with Crippen molar-refractivity contribution in [2.75, 3.05) is 19.0 Å². The molecular weight excluding hydrogens is 308 g/mol. The molecule has 2 heterocycles. The van der Waals surface area contributed by atoms with Gasteiger partial charge in [0.25, 0.3) is 0 Å². The zero-order valence-corrected chi connectivity index (χ0v) is 13.7. The van der Waals surface area contributed by atoms with Gasteiger partial charge in [-0.3, -0.25) is 14.3 Å². The molecule has 24 heavy (non-hydrogen) atoms. The van der Waals surface area contributed by atoms with Gasteiger partial charge in [0.15, 0.2) is 5.82 Å². The Hall–Kier alpha value is -2.83. The molecule has 7 nitrogen and oxygen atoms in total. The minimum absolute atomic E-state index is 0.00742. The number of benzene rings is 1. The van der Waals surface area contributed by atoms with Crippen molar-refractivity contribution in [1.82, 2.24) is 14.7 Å². The van der Waals surface area contributed by atoms with Gasteiger partial charge in [-0.05, 0) is 17.7 Å². The van der Waals surface area contributed by atoms with Crippen molar-refractivity contribution in [3.63, 3.8) is 0 Å².